The Labute approximate surface area is 139 Å². The second kappa shape index (κ2) is 5.97. The summed E-state index contributed by atoms with van der Waals surface area (Å²) in [5.41, 5.74) is 1.59. The molecular formula is C19H16N2O3. The number of aromatic nitrogens is 1. The number of pyridine rings is 1. The van der Waals surface area contributed by atoms with Gasteiger partial charge in [-0.05, 0) is 42.2 Å². The molecule has 0 saturated heterocycles. The van der Waals surface area contributed by atoms with Gasteiger partial charge in [0, 0.05) is 12.1 Å². The van der Waals surface area contributed by atoms with E-state index in [2.05, 4.69) is 11.1 Å². The quantitative estimate of drug-likeness (QED) is 0.866. The number of rotatable bonds is 4. The number of benzene rings is 1. The lowest BCUT2D eigenvalue weighted by Gasteiger charge is -2.19. The van der Waals surface area contributed by atoms with E-state index in [0.717, 1.165) is 23.5 Å². The second-order valence-electron chi connectivity index (χ2n) is 6.07. The summed E-state index contributed by atoms with van der Waals surface area (Å²) >= 11 is 0. The fourth-order valence-corrected chi connectivity index (χ4v) is 3.20. The first-order valence-corrected chi connectivity index (χ1v) is 8.02. The lowest BCUT2D eigenvalue weighted by molar-refractivity contribution is -0.120. The maximum Gasteiger partial charge on any atom is 0.161 e. The summed E-state index contributed by atoms with van der Waals surface area (Å²) < 4.78 is 11.1. The van der Waals surface area contributed by atoms with E-state index in [-0.39, 0.29) is 17.6 Å². The summed E-state index contributed by atoms with van der Waals surface area (Å²) in [7, 11) is 0. The maximum absolute atomic E-state index is 12.7. The van der Waals surface area contributed by atoms with Gasteiger partial charge in [0.2, 0.25) is 0 Å². The molecule has 1 saturated carbocycles. The summed E-state index contributed by atoms with van der Waals surface area (Å²) in [5.74, 6) is 0.664. The normalized spacial score (nSPS) is 22.3. The number of ether oxygens (including phenoxy) is 2. The topological polar surface area (TPSA) is 72.2 Å². The van der Waals surface area contributed by atoms with E-state index in [0.29, 0.717) is 18.9 Å². The van der Waals surface area contributed by atoms with Crippen LogP contribution in [-0.2, 0) is 4.79 Å². The average molecular weight is 320 g/mol. The van der Waals surface area contributed by atoms with E-state index in [1.54, 1.807) is 24.4 Å². The van der Waals surface area contributed by atoms with Gasteiger partial charge >= 0.3 is 0 Å². The third kappa shape index (κ3) is 2.61. The molecule has 1 aromatic carbocycles. The van der Waals surface area contributed by atoms with E-state index >= 15 is 0 Å². The molecule has 2 aromatic rings. The van der Waals surface area contributed by atoms with Crippen LogP contribution in [0.3, 0.4) is 0 Å². The largest absolute Gasteiger partial charge is 0.486 e. The van der Waals surface area contributed by atoms with E-state index < -0.39 is 5.92 Å². The van der Waals surface area contributed by atoms with Crippen molar-refractivity contribution < 1.29 is 14.3 Å². The van der Waals surface area contributed by atoms with Crippen molar-refractivity contribution in [3.05, 3.63) is 53.9 Å². The van der Waals surface area contributed by atoms with E-state index in [1.165, 1.54) is 0 Å². The van der Waals surface area contributed by atoms with Crippen LogP contribution in [0.15, 0.2) is 42.6 Å². The predicted molar refractivity (Wildman–Crippen MR) is 85.9 cm³/mol. The van der Waals surface area contributed by atoms with E-state index in [9.17, 15) is 10.1 Å². The van der Waals surface area contributed by atoms with E-state index in [4.69, 9.17) is 9.47 Å². The fraction of sp³-hybridized carbons (Fsp3) is 0.316. The van der Waals surface area contributed by atoms with Crippen LogP contribution >= 0.6 is 0 Å². The third-order valence-electron chi connectivity index (χ3n) is 4.55. The van der Waals surface area contributed by atoms with Gasteiger partial charge in [-0.1, -0.05) is 12.1 Å². The second-order valence-corrected chi connectivity index (χ2v) is 6.07. The lowest BCUT2D eigenvalue weighted by Crippen LogP contribution is -2.16. The first kappa shape index (κ1) is 14.7. The number of Topliss-reactive ketones (excluding diaryl/α,β-unsaturated/α-hetero) is 1. The first-order valence-electron chi connectivity index (χ1n) is 8.02. The zero-order valence-electron chi connectivity index (χ0n) is 13.0. The minimum Gasteiger partial charge on any atom is -0.486 e. The summed E-state index contributed by atoms with van der Waals surface area (Å²) in [5, 5.41) is 9.39. The Morgan fingerprint density at radius 2 is 2.04 bits per heavy atom. The molecule has 5 heteroatoms. The van der Waals surface area contributed by atoms with Crippen molar-refractivity contribution in [3.63, 3.8) is 0 Å². The monoisotopic (exact) mass is 320 g/mol. The van der Waals surface area contributed by atoms with Crippen molar-refractivity contribution in [2.24, 2.45) is 5.92 Å². The Bertz CT molecular complexity index is 813. The fourth-order valence-electron chi connectivity index (χ4n) is 3.20. The Hall–Kier alpha value is -2.87. The zero-order chi connectivity index (χ0) is 16.5. The Kier molecular flexibility index (Phi) is 3.66. The number of hydrogen-bond acceptors (Lipinski definition) is 5. The zero-order valence-corrected chi connectivity index (χ0v) is 13.0. The van der Waals surface area contributed by atoms with E-state index in [1.807, 2.05) is 18.2 Å². The van der Waals surface area contributed by atoms with Crippen molar-refractivity contribution in [1.82, 2.24) is 4.98 Å². The number of ketones is 1. The molecule has 24 heavy (non-hydrogen) atoms. The summed E-state index contributed by atoms with van der Waals surface area (Å²) in [6.07, 6.45) is 2.38. The van der Waals surface area contributed by atoms with Crippen LogP contribution in [0.25, 0.3) is 0 Å². The summed E-state index contributed by atoms with van der Waals surface area (Å²) in [4.78, 5) is 16.8. The number of carbonyl (C=O) groups is 1. The van der Waals surface area contributed by atoms with Crippen molar-refractivity contribution in [3.8, 4) is 17.6 Å². The van der Waals surface area contributed by atoms with Gasteiger partial charge in [-0.25, -0.2) is 0 Å². The SMILES string of the molecule is N#C[C@H](C(=O)[C@H]1C[C@@H]1c1ccc2c(c1)OCCO2)c1ccccn1. The van der Waals surface area contributed by atoms with Crippen LogP contribution in [0, 0.1) is 17.2 Å². The third-order valence-corrected chi connectivity index (χ3v) is 4.55. The van der Waals surface area contributed by atoms with Gasteiger partial charge in [0.15, 0.2) is 17.3 Å². The molecule has 2 heterocycles. The van der Waals surface area contributed by atoms with Crippen molar-refractivity contribution >= 4 is 5.78 Å². The van der Waals surface area contributed by atoms with Crippen molar-refractivity contribution in [2.75, 3.05) is 13.2 Å². The molecule has 2 aliphatic rings. The molecule has 0 spiro atoms. The molecule has 4 rings (SSSR count). The first-order chi connectivity index (χ1) is 11.8. The summed E-state index contributed by atoms with van der Waals surface area (Å²) in [6.45, 7) is 1.10. The number of nitrogens with zero attached hydrogens (tertiary/aromatic N) is 2. The molecule has 0 amide bonds. The molecule has 1 aliphatic heterocycles. The Morgan fingerprint density at radius 1 is 1.21 bits per heavy atom. The minimum atomic E-state index is -0.793. The lowest BCUT2D eigenvalue weighted by atomic mass is 9.95. The van der Waals surface area contributed by atoms with Gasteiger partial charge in [0.25, 0.3) is 0 Å². The van der Waals surface area contributed by atoms with Crippen LogP contribution < -0.4 is 9.47 Å². The number of nitriles is 1. The molecule has 1 aromatic heterocycles. The van der Waals surface area contributed by atoms with Gasteiger partial charge in [-0.15, -0.1) is 0 Å². The predicted octanol–water partition coefficient (Wildman–Crippen LogP) is 2.83. The number of carbonyl (C=O) groups excluding carboxylic acids is 1. The molecule has 120 valence electrons. The highest BCUT2D eigenvalue weighted by Gasteiger charge is 2.47. The molecule has 5 nitrogen and oxygen atoms in total. The van der Waals surface area contributed by atoms with Crippen LogP contribution in [-0.4, -0.2) is 24.0 Å². The van der Waals surface area contributed by atoms with Crippen LogP contribution in [0.2, 0.25) is 0 Å². The van der Waals surface area contributed by atoms with Crippen molar-refractivity contribution in [2.45, 2.75) is 18.3 Å². The summed E-state index contributed by atoms with van der Waals surface area (Å²) in [6, 6.07) is 13.2. The number of fused-ring (bicyclic) bond motifs is 1. The smallest absolute Gasteiger partial charge is 0.161 e. The number of hydrogen-bond donors (Lipinski definition) is 0. The van der Waals surface area contributed by atoms with Gasteiger partial charge in [0.05, 0.1) is 11.8 Å². The van der Waals surface area contributed by atoms with Gasteiger partial charge < -0.3 is 9.47 Å². The average Bonchev–Trinajstić information content (AvgIpc) is 3.43. The van der Waals surface area contributed by atoms with Gasteiger partial charge in [-0.3, -0.25) is 9.78 Å². The molecule has 0 radical (unpaired) electrons. The molecule has 0 unspecified atom stereocenters. The standard InChI is InChI=1S/C19H16N2O3/c20-11-15(16-3-1-2-6-21-16)19(22)14-10-13(14)12-4-5-17-18(9-12)24-8-7-23-17/h1-6,9,13-15H,7-8,10H2/t13-,14+,15+/m1/s1. The molecule has 1 aliphatic carbocycles. The highest BCUT2D eigenvalue weighted by molar-refractivity contribution is 5.93. The highest BCUT2D eigenvalue weighted by Crippen LogP contribution is 2.51. The molecule has 1 fully saturated rings. The van der Waals surface area contributed by atoms with Gasteiger partial charge in [0.1, 0.15) is 19.1 Å². The van der Waals surface area contributed by atoms with Crippen LogP contribution in [0.5, 0.6) is 11.5 Å². The van der Waals surface area contributed by atoms with Crippen LogP contribution in [0.1, 0.15) is 29.5 Å². The maximum atomic E-state index is 12.7. The van der Waals surface area contributed by atoms with Gasteiger partial charge in [-0.2, -0.15) is 5.26 Å². The Balaban J connectivity index is 1.51. The highest BCUT2D eigenvalue weighted by atomic mass is 16.6. The molecule has 0 N–H and O–H groups in total. The minimum absolute atomic E-state index is 0.0453. The van der Waals surface area contributed by atoms with Crippen LogP contribution in [0.4, 0.5) is 0 Å². The molecular weight excluding hydrogens is 304 g/mol. The molecule has 3 atom stereocenters. The molecule has 0 bridgehead atoms. The Morgan fingerprint density at radius 3 is 2.79 bits per heavy atom. The van der Waals surface area contributed by atoms with Crippen molar-refractivity contribution in [1.29, 1.82) is 5.26 Å².